The van der Waals surface area contributed by atoms with Gasteiger partial charge in [-0.2, -0.15) is 0 Å². The lowest BCUT2D eigenvalue weighted by Crippen LogP contribution is -2.30. The van der Waals surface area contributed by atoms with Crippen molar-refractivity contribution in [2.75, 3.05) is 19.5 Å². The number of nitrogens with one attached hydrogen (secondary N) is 1. The molecule has 0 aliphatic heterocycles. The summed E-state index contributed by atoms with van der Waals surface area (Å²) >= 11 is 0. The summed E-state index contributed by atoms with van der Waals surface area (Å²) in [5.41, 5.74) is 3.69. The standard InChI is InChI=1S/C22H23N3O5/c1-12-13(2)24-18-10-15(6-8-17(18)23-12)22(27)30-14(3)21(26)25-16-7-9-19(28-4)20(11-16)29-5/h6-11,14H,1-5H3,(H,25,26)/t14-/m0/s1. The van der Waals surface area contributed by atoms with Crippen LogP contribution in [0.4, 0.5) is 5.69 Å². The van der Waals surface area contributed by atoms with Crippen molar-refractivity contribution in [1.29, 1.82) is 0 Å². The molecule has 0 radical (unpaired) electrons. The third-order valence-electron chi connectivity index (χ3n) is 4.62. The van der Waals surface area contributed by atoms with Crippen molar-refractivity contribution in [2.45, 2.75) is 26.9 Å². The van der Waals surface area contributed by atoms with E-state index in [2.05, 4.69) is 15.3 Å². The van der Waals surface area contributed by atoms with Crippen LogP contribution < -0.4 is 14.8 Å². The molecule has 0 saturated carbocycles. The molecular formula is C22H23N3O5. The number of carbonyl (C=O) groups is 2. The van der Waals surface area contributed by atoms with E-state index in [1.807, 2.05) is 13.8 Å². The number of rotatable bonds is 6. The quantitative estimate of drug-likeness (QED) is 0.623. The lowest BCUT2D eigenvalue weighted by atomic mass is 10.2. The minimum atomic E-state index is -1.01. The smallest absolute Gasteiger partial charge is 0.338 e. The monoisotopic (exact) mass is 409 g/mol. The second kappa shape index (κ2) is 8.77. The second-order valence-corrected chi connectivity index (χ2v) is 6.70. The number of amides is 1. The first kappa shape index (κ1) is 21.0. The van der Waals surface area contributed by atoms with Crippen LogP contribution in [0, 0.1) is 13.8 Å². The Balaban J connectivity index is 1.69. The minimum Gasteiger partial charge on any atom is -0.493 e. The van der Waals surface area contributed by atoms with E-state index in [1.165, 1.54) is 21.1 Å². The number of esters is 1. The van der Waals surface area contributed by atoms with Crippen LogP contribution in [-0.4, -0.2) is 42.2 Å². The predicted octanol–water partition coefficient (Wildman–Crippen LogP) is 3.45. The molecule has 8 nitrogen and oxygen atoms in total. The van der Waals surface area contributed by atoms with Crippen molar-refractivity contribution in [3.05, 3.63) is 53.3 Å². The van der Waals surface area contributed by atoms with Gasteiger partial charge in [0.05, 0.1) is 42.2 Å². The maximum absolute atomic E-state index is 12.5. The van der Waals surface area contributed by atoms with Crippen molar-refractivity contribution < 1.29 is 23.8 Å². The third-order valence-corrected chi connectivity index (χ3v) is 4.62. The average Bonchev–Trinajstić information content (AvgIpc) is 2.73. The highest BCUT2D eigenvalue weighted by atomic mass is 16.5. The Kier molecular flexibility index (Phi) is 6.15. The van der Waals surface area contributed by atoms with E-state index in [4.69, 9.17) is 14.2 Å². The van der Waals surface area contributed by atoms with Crippen molar-refractivity contribution in [1.82, 2.24) is 9.97 Å². The van der Waals surface area contributed by atoms with E-state index in [0.717, 1.165) is 11.4 Å². The number of hydrogen-bond donors (Lipinski definition) is 1. The first-order valence-electron chi connectivity index (χ1n) is 9.31. The Morgan fingerprint density at radius 3 is 2.23 bits per heavy atom. The van der Waals surface area contributed by atoms with Crippen molar-refractivity contribution in [2.24, 2.45) is 0 Å². The van der Waals surface area contributed by atoms with E-state index < -0.39 is 18.0 Å². The third kappa shape index (κ3) is 4.48. The number of aryl methyl sites for hydroxylation is 2. The normalized spacial score (nSPS) is 11.6. The summed E-state index contributed by atoms with van der Waals surface area (Å²) in [6.07, 6.45) is -1.01. The Labute approximate surface area is 174 Å². The van der Waals surface area contributed by atoms with Gasteiger partial charge in [-0.15, -0.1) is 0 Å². The van der Waals surface area contributed by atoms with Crippen LogP contribution in [0.5, 0.6) is 11.5 Å². The highest BCUT2D eigenvalue weighted by Crippen LogP contribution is 2.29. The molecular weight excluding hydrogens is 386 g/mol. The molecule has 0 saturated heterocycles. The van der Waals surface area contributed by atoms with Crippen molar-refractivity contribution in [3.63, 3.8) is 0 Å². The van der Waals surface area contributed by atoms with Crippen LogP contribution >= 0.6 is 0 Å². The highest BCUT2D eigenvalue weighted by Gasteiger charge is 2.20. The SMILES string of the molecule is COc1ccc(NC(=O)[C@H](C)OC(=O)c2ccc3nc(C)c(C)nc3c2)cc1OC. The molecule has 3 rings (SSSR count). The second-order valence-electron chi connectivity index (χ2n) is 6.70. The fourth-order valence-corrected chi connectivity index (χ4v) is 2.80. The number of anilines is 1. The molecule has 156 valence electrons. The number of benzene rings is 2. The maximum atomic E-state index is 12.5. The van der Waals surface area contributed by atoms with E-state index in [1.54, 1.807) is 36.4 Å². The van der Waals surface area contributed by atoms with Gasteiger partial charge in [-0.05, 0) is 51.1 Å². The fraction of sp³-hybridized carbons (Fsp3) is 0.273. The molecule has 1 atom stereocenters. The van der Waals surface area contributed by atoms with Crippen LogP contribution in [0.25, 0.3) is 11.0 Å². The van der Waals surface area contributed by atoms with Crippen LogP contribution in [0.3, 0.4) is 0 Å². The number of fused-ring (bicyclic) bond motifs is 1. The molecule has 0 aliphatic carbocycles. The van der Waals surface area contributed by atoms with Crippen molar-refractivity contribution >= 4 is 28.6 Å². The number of nitrogens with zero attached hydrogens (tertiary/aromatic N) is 2. The molecule has 0 bridgehead atoms. The molecule has 3 aromatic rings. The fourth-order valence-electron chi connectivity index (χ4n) is 2.80. The van der Waals surface area contributed by atoms with Crippen LogP contribution in [0.2, 0.25) is 0 Å². The molecule has 1 heterocycles. The minimum absolute atomic E-state index is 0.297. The summed E-state index contributed by atoms with van der Waals surface area (Å²) in [6, 6.07) is 9.88. The summed E-state index contributed by atoms with van der Waals surface area (Å²) in [6.45, 7) is 5.23. The summed E-state index contributed by atoms with van der Waals surface area (Å²) in [5, 5.41) is 2.69. The predicted molar refractivity (Wildman–Crippen MR) is 112 cm³/mol. The van der Waals surface area contributed by atoms with Crippen LogP contribution in [0.15, 0.2) is 36.4 Å². The van der Waals surface area contributed by atoms with Gasteiger partial charge in [-0.3, -0.25) is 4.79 Å². The van der Waals surface area contributed by atoms with Gasteiger partial charge in [-0.1, -0.05) is 0 Å². The highest BCUT2D eigenvalue weighted by molar-refractivity contribution is 5.98. The number of methoxy groups -OCH3 is 2. The first-order chi connectivity index (χ1) is 14.3. The Hall–Kier alpha value is -3.68. The molecule has 2 aromatic carbocycles. The Bertz CT molecular complexity index is 1110. The molecule has 1 N–H and O–H groups in total. The zero-order valence-electron chi connectivity index (χ0n) is 17.5. The van der Waals surface area contributed by atoms with Gasteiger partial charge in [0.25, 0.3) is 5.91 Å². The summed E-state index contributed by atoms with van der Waals surface area (Å²) in [7, 11) is 3.03. The van der Waals surface area contributed by atoms with Gasteiger partial charge in [-0.25, -0.2) is 14.8 Å². The van der Waals surface area contributed by atoms with Gasteiger partial charge >= 0.3 is 5.97 Å². The van der Waals surface area contributed by atoms with Crippen molar-refractivity contribution in [3.8, 4) is 11.5 Å². The van der Waals surface area contributed by atoms with Gasteiger partial charge < -0.3 is 19.5 Å². The van der Waals surface area contributed by atoms with Crippen LogP contribution in [0.1, 0.15) is 28.7 Å². The van der Waals surface area contributed by atoms with Crippen LogP contribution in [-0.2, 0) is 9.53 Å². The average molecular weight is 409 g/mol. The number of carbonyl (C=O) groups excluding carboxylic acids is 2. The van der Waals surface area contributed by atoms with E-state index in [9.17, 15) is 9.59 Å². The van der Waals surface area contributed by atoms with Gasteiger partial charge in [0.2, 0.25) is 0 Å². The largest absolute Gasteiger partial charge is 0.493 e. The van der Waals surface area contributed by atoms with E-state index in [0.29, 0.717) is 33.8 Å². The number of ether oxygens (including phenoxy) is 3. The summed E-state index contributed by atoms with van der Waals surface area (Å²) < 4.78 is 15.7. The topological polar surface area (TPSA) is 99.6 Å². The van der Waals surface area contributed by atoms with Gasteiger partial charge in [0, 0.05) is 11.8 Å². The summed E-state index contributed by atoms with van der Waals surface area (Å²) in [5.74, 6) is -0.0722. The summed E-state index contributed by atoms with van der Waals surface area (Å²) in [4.78, 5) is 33.8. The van der Waals surface area contributed by atoms with E-state index >= 15 is 0 Å². The zero-order chi connectivity index (χ0) is 21.8. The molecule has 1 aromatic heterocycles. The molecule has 0 spiro atoms. The van der Waals surface area contributed by atoms with Gasteiger partial charge in [0.15, 0.2) is 17.6 Å². The molecule has 1 amide bonds. The van der Waals surface area contributed by atoms with Gasteiger partial charge in [0.1, 0.15) is 0 Å². The molecule has 0 fully saturated rings. The first-order valence-corrected chi connectivity index (χ1v) is 9.31. The number of hydrogen-bond acceptors (Lipinski definition) is 7. The number of aromatic nitrogens is 2. The molecule has 0 unspecified atom stereocenters. The maximum Gasteiger partial charge on any atom is 0.338 e. The lowest BCUT2D eigenvalue weighted by Gasteiger charge is -2.15. The Morgan fingerprint density at radius 2 is 1.57 bits per heavy atom. The molecule has 30 heavy (non-hydrogen) atoms. The van der Waals surface area contributed by atoms with E-state index in [-0.39, 0.29) is 0 Å². The molecule has 0 aliphatic rings. The lowest BCUT2D eigenvalue weighted by molar-refractivity contribution is -0.123. The Morgan fingerprint density at radius 1 is 0.900 bits per heavy atom. The zero-order valence-corrected chi connectivity index (χ0v) is 17.5. The molecule has 8 heteroatoms.